The van der Waals surface area contributed by atoms with Gasteiger partial charge in [0.15, 0.2) is 0 Å². The zero-order valence-corrected chi connectivity index (χ0v) is 7.55. The lowest BCUT2D eigenvalue weighted by Gasteiger charge is -2.04. The summed E-state index contributed by atoms with van der Waals surface area (Å²) >= 11 is 1.49. The molecule has 0 aliphatic rings. The fourth-order valence-electron chi connectivity index (χ4n) is 0.696. The second kappa shape index (κ2) is 6.60. The molecule has 0 rings (SSSR count). The van der Waals surface area contributed by atoms with E-state index in [2.05, 4.69) is 0 Å². The summed E-state index contributed by atoms with van der Waals surface area (Å²) in [5, 5.41) is 8.35. The van der Waals surface area contributed by atoms with Crippen LogP contribution in [0.4, 0.5) is 13.2 Å². The van der Waals surface area contributed by atoms with E-state index in [-0.39, 0.29) is 13.0 Å². The number of aliphatic hydroxyl groups excluding tert-OH is 1. The first-order valence-electron chi connectivity index (χ1n) is 3.81. The lowest BCUT2D eigenvalue weighted by Crippen LogP contribution is -2.06. The zero-order chi connectivity index (χ0) is 9.45. The van der Waals surface area contributed by atoms with E-state index in [1.807, 2.05) is 0 Å². The predicted octanol–water partition coefficient (Wildman–Crippen LogP) is 2.44. The molecular formula is C7H13F3OS. The lowest BCUT2D eigenvalue weighted by molar-refractivity contribution is -0.135. The quantitative estimate of drug-likeness (QED) is 0.667. The third kappa shape index (κ3) is 10.1. The van der Waals surface area contributed by atoms with Gasteiger partial charge in [0.2, 0.25) is 0 Å². The molecule has 0 heterocycles. The van der Waals surface area contributed by atoms with Crippen molar-refractivity contribution in [3.63, 3.8) is 0 Å². The molecule has 0 aromatic heterocycles. The number of alkyl halides is 3. The van der Waals surface area contributed by atoms with E-state index in [9.17, 15) is 13.2 Å². The van der Waals surface area contributed by atoms with E-state index in [0.29, 0.717) is 17.9 Å². The second-order valence-electron chi connectivity index (χ2n) is 2.41. The number of halogens is 3. The largest absolute Gasteiger partial charge is 0.396 e. The zero-order valence-electron chi connectivity index (χ0n) is 6.73. The molecule has 0 fully saturated rings. The van der Waals surface area contributed by atoms with Crippen molar-refractivity contribution < 1.29 is 18.3 Å². The van der Waals surface area contributed by atoms with Gasteiger partial charge in [-0.25, -0.2) is 0 Å². The molecule has 0 aromatic carbocycles. The Morgan fingerprint density at radius 3 is 2.25 bits per heavy atom. The lowest BCUT2D eigenvalue weighted by atomic mass is 10.2. The first-order valence-corrected chi connectivity index (χ1v) is 4.97. The average molecular weight is 202 g/mol. The van der Waals surface area contributed by atoms with Crippen molar-refractivity contribution in [1.82, 2.24) is 0 Å². The van der Waals surface area contributed by atoms with Crippen molar-refractivity contribution in [2.45, 2.75) is 25.4 Å². The maximum atomic E-state index is 11.6. The molecule has 0 saturated carbocycles. The van der Waals surface area contributed by atoms with Crippen molar-refractivity contribution in [3.05, 3.63) is 0 Å². The molecule has 0 bridgehead atoms. The Labute approximate surface area is 74.3 Å². The summed E-state index contributed by atoms with van der Waals surface area (Å²) in [5.41, 5.74) is 0. The highest BCUT2D eigenvalue weighted by Crippen LogP contribution is 2.22. The average Bonchev–Trinajstić information content (AvgIpc) is 1.94. The van der Waals surface area contributed by atoms with E-state index < -0.39 is 12.6 Å². The molecular weight excluding hydrogens is 189 g/mol. The standard InChI is InChI=1S/C7H13F3OS/c8-7(9,10)3-1-2-5-12-6-4-11/h11H,1-6H2. The molecule has 5 heteroatoms. The molecule has 0 amide bonds. The summed E-state index contributed by atoms with van der Waals surface area (Å²) in [7, 11) is 0. The van der Waals surface area contributed by atoms with Crippen LogP contribution in [-0.2, 0) is 0 Å². The van der Waals surface area contributed by atoms with Gasteiger partial charge in [0.1, 0.15) is 0 Å². The summed E-state index contributed by atoms with van der Waals surface area (Å²) in [4.78, 5) is 0. The number of rotatable bonds is 6. The molecule has 0 atom stereocenters. The Morgan fingerprint density at radius 2 is 1.75 bits per heavy atom. The molecule has 0 aliphatic heterocycles. The molecule has 0 aliphatic carbocycles. The predicted molar refractivity (Wildman–Crippen MR) is 44.3 cm³/mol. The summed E-state index contributed by atoms with van der Waals surface area (Å²) in [6.07, 6.45) is -3.93. The Balaban J connectivity index is 3.01. The van der Waals surface area contributed by atoms with Crippen LogP contribution in [0.2, 0.25) is 0 Å². The molecule has 74 valence electrons. The summed E-state index contributed by atoms with van der Waals surface area (Å²) < 4.78 is 34.8. The highest BCUT2D eigenvalue weighted by Gasteiger charge is 2.25. The first kappa shape index (κ1) is 12.1. The third-order valence-corrected chi connectivity index (χ3v) is 2.28. The van der Waals surface area contributed by atoms with E-state index in [4.69, 9.17) is 5.11 Å². The van der Waals surface area contributed by atoms with Crippen molar-refractivity contribution in [3.8, 4) is 0 Å². The highest BCUT2D eigenvalue weighted by atomic mass is 32.2. The number of thioether (sulfide) groups is 1. The van der Waals surface area contributed by atoms with Gasteiger partial charge in [-0.05, 0) is 18.6 Å². The molecule has 1 N–H and O–H groups in total. The van der Waals surface area contributed by atoms with Gasteiger partial charge < -0.3 is 5.11 Å². The molecule has 0 aromatic rings. The summed E-state index contributed by atoms with van der Waals surface area (Å²) in [6.45, 7) is 0.101. The molecule has 12 heavy (non-hydrogen) atoms. The van der Waals surface area contributed by atoms with Crippen LogP contribution in [0.15, 0.2) is 0 Å². The van der Waals surface area contributed by atoms with E-state index in [0.717, 1.165) is 0 Å². The van der Waals surface area contributed by atoms with E-state index >= 15 is 0 Å². The highest BCUT2D eigenvalue weighted by molar-refractivity contribution is 7.99. The minimum absolute atomic E-state index is 0.101. The first-order chi connectivity index (χ1) is 5.56. The van der Waals surface area contributed by atoms with Gasteiger partial charge in [-0.2, -0.15) is 24.9 Å². The summed E-state index contributed by atoms with van der Waals surface area (Å²) in [6, 6.07) is 0. The molecule has 1 nitrogen and oxygen atoms in total. The van der Waals surface area contributed by atoms with Crippen molar-refractivity contribution >= 4 is 11.8 Å². The van der Waals surface area contributed by atoms with Crippen LogP contribution in [0.3, 0.4) is 0 Å². The maximum absolute atomic E-state index is 11.6. The van der Waals surface area contributed by atoms with Gasteiger partial charge in [-0.1, -0.05) is 0 Å². The third-order valence-electron chi connectivity index (χ3n) is 1.23. The van der Waals surface area contributed by atoms with Crippen LogP contribution < -0.4 is 0 Å². The Kier molecular flexibility index (Phi) is 6.65. The van der Waals surface area contributed by atoms with Crippen LogP contribution >= 0.6 is 11.8 Å². The normalized spacial score (nSPS) is 12.0. The van der Waals surface area contributed by atoms with E-state index in [1.165, 1.54) is 11.8 Å². The van der Waals surface area contributed by atoms with Gasteiger partial charge in [0.05, 0.1) is 6.61 Å². The van der Waals surface area contributed by atoms with Gasteiger partial charge >= 0.3 is 6.18 Å². The van der Waals surface area contributed by atoms with E-state index in [1.54, 1.807) is 0 Å². The number of hydrogen-bond acceptors (Lipinski definition) is 2. The molecule has 0 radical (unpaired) electrons. The minimum atomic E-state index is -4.01. The Morgan fingerprint density at radius 1 is 1.08 bits per heavy atom. The van der Waals surface area contributed by atoms with Gasteiger partial charge in [0, 0.05) is 12.2 Å². The fraction of sp³-hybridized carbons (Fsp3) is 1.00. The maximum Gasteiger partial charge on any atom is 0.389 e. The smallest absolute Gasteiger partial charge is 0.389 e. The Hall–Kier alpha value is 0.100. The molecule has 0 saturated heterocycles. The van der Waals surface area contributed by atoms with Gasteiger partial charge in [-0.15, -0.1) is 0 Å². The van der Waals surface area contributed by atoms with Gasteiger partial charge in [0.25, 0.3) is 0 Å². The van der Waals surface area contributed by atoms with Crippen LogP contribution in [0.1, 0.15) is 19.3 Å². The minimum Gasteiger partial charge on any atom is -0.396 e. The van der Waals surface area contributed by atoms with Crippen molar-refractivity contribution in [1.29, 1.82) is 0 Å². The summed E-state index contributed by atoms with van der Waals surface area (Å²) in [5.74, 6) is 1.32. The number of unbranched alkanes of at least 4 members (excludes halogenated alkanes) is 1. The fourth-order valence-corrected chi connectivity index (χ4v) is 1.44. The number of aliphatic hydroxyl groups is 1. The van der Waals surface area contributed by atoms with Crippen LogP contribution in [-0.4, -0.2) is 29.4 Å². The number of hydrogen-bond donors (Lipinski definition) is 1. The SMILES string of the molecule is OCCSCCCCC(F)(F)F. The van der Waals surface area contributed by atoms with Crippen molar-refractivity contribution in [2.75, 3.05) is 18.1 Å². The molecule has 0 unspecified atom stereocenters. The monoisotopic (exact) mass is 202 g/mol. The second-order valence-corrected chi connectivity index (χ2v) is 3.63. The van der Waals surface area contributed by atoms with Crippen molar-refractivity contribution in [2.24, 2.45) is 0 Å². The van der Waals surface area contributed by atoms with Crippen LogP contribution in [0, 0.1) is 0 Å². The van der Waals surface area contributed by atoms with Crippen LogP contribution in [0.5, 0.6) is 0 Å². The van der Waals surface area contributed by atoms with Gasteiger partial charge in [-0.3, -0.25) is 0 Å². The Bertz CT molecular complexity index is 105. The molecule has 0 spiro atoms. The van der Waals surface area contributed by atoms with Crippen LogP contribution in [0.25, 0.3) is 0 Å². The topological polar surface area (TPSA) is 20.2 Å².